The fourth-order valence-corrected chi connectivity index (χ4v) is 3.67. The van der Waals surface area contributed by atoms with Crippen LogP contribution < -0.4 is 5.73 Å². The van der Waals surface area contributed by atoms with Gasteiger partial charge in [-0.2, -0.15) is 0 Å². The van der Waals surface area contributed by atoms with E-state index in [1.807, 2.05) is 12.1 Å². The van der Waals surface area contributed by atoms with E-state index in [1.165, 1.54) is 0 Å². The molecule has 1 fully saturated rings. The van der Waals surface area contributed by atoms with Crippen LogP contribution in [0, 0.1) is 0 Å². The second-order valence-corrected chi connectivity index (χ2v) is 7.59. The number of hydrogen-bond acceptors (Lipinski definition) is 4. The topological polar surface area (TPSA) is 81.8 Å². The maximum atomic E-state index is 10.9. The van der Waals surface area contributed by atoms with Crippen LogP contribution >= 0.6 is 23.2 Å². The number of carboxylic acid groups (broad SMARTS) is 1. The highest BCUT2D eigenvalue weighted by molar-refractivity contribution is 6.42. The van der Waals surface area contributed by atoms with E-state index in [-0.39, 0.29) is 12.7 Å². The van der Waals surface area contributed by atoms with Crippen molar-refractivity contribution in [3.8, 4) is 0 Å². The number of nitrogens with two attached hydrogens (primary N) is 1. The Morgan fingerprint density at radius 2 is 2.12 bits per heavy atom. The Morgan fingerprint density at radius 3 is 2.73 bits per heavy atom. The fourth-order valence-electron chi connectivity index (χ4n) is 3.37. The second kappa shape index (κ2) is 10.5. The van der Waals surface area contributed by atoms with Gasteiger partial charge in [-0.15, -0.1) is 0 Å². The van der Waals surface area contributed by atoms with Crippen molar-refractivity contribution in [2.24, 2.45) is 5.73 Å². The van der Waals surface area contributed by atoms with E-state index in [0.29, 0.717) is 42.5 Å². The number of carbonyl (C=O) groups is 1. The predicted molar refractivity (Wildman–Crippen MR) is 103 cm³/mol. The molecule has 0 saturated carbocycles. The lowest BCUT2D eigenvalue weighted by atomic mass is 9.74. The van der Waals surface area contributed by atoms with Gasteiger partial charge in [-0.3, -0.25) is 4.79 Å². The molecule has 0 radical (unpaired) electrons. The maximum absolute atomic E-state index is 10.9. The average molecular weight is 404 g/mol. The van der Waals surface area contributed by atoms with Crippen molar-refractivity contribution in [3.05, 3.63) is 33.8 Å². The molecule has 0 aromatic heterocycles. The van der Waals surface area contributed by atoms with Crippen LogP contribution in [0.2, 0.25) is 10.0 Å². The van der Waals surface area contributed by atoms with E-state index >= 15 is 0 Å². The van der Waals surface area contributed by atoms with Crippen molar-refractivity contribution in [2.75, 3.05) is 19.8 Å². The highest BCUT2D eigenvalue weighted by Gasteiger charge is 2.31. The highest BCUT2D eigenvalue weighted by atomic mass is 35.5. The molecule has 1 aromatic rings. The summed E-state index contributed by atoms with van der Waals surface area (Å²) in [5, 5.41) is 9.92. The monoisotopic (exact) mass is 403 g/mol. The molecule has 1 heterocycles. The van der Waals surface area contributed by atoms with E-state index in [0.717, 1.165) is 31.4 Å². The van der Waals surface area contributed by atoms with Crippen molar-refractivity contribution >= 4 is 29.2 Å². The molecule has 5 nitrogen and oxygen atoms in total. The molecule has 7 heteroatoms. The zero-order valence-electron chi connectivity index (χ0n) is 14.9. The van der Waals surface area contributed by atoms with Crippen LogP contribution in [-0.4, -0.2) is 37.1 Å². The van der Waals surface area contributed by atoms with Gasteiger partial charge in [-0.05, 0) is 56.2 Å². The van der Waals surface area contributed by atoms with Gasteiger partial charge < -0.3 is 20.3 Å². The van der Waals surface area contributed by atoms with Crippen LogP contribution in [0.4, 0.5) is 0 Å². The number of carboxylic acids is 1. The number of benzene rings is 1. The Labute approximate surface area is 164 Å². The zero-order valence-corrected chi connectivity index (χ0v) is 16.4. The summed E-state index contributed by atoms with van der Waals surface area (Å²) in [6, 6.07) is 5.50. The van der Waals surface area contributed by atoms with Gasteiger partial charge in [0.25, 0.3) is 0 Å². The highest BCUT2D eigenvalue weighted by Crippen LogP contribution is 2.36. The van der Waals surface area contributed by atoms with Crippen LogP contribution in [0.25, 0.3) is 0 Å². The van der Waals surface area contributed by atoms with E-state index in [4.69, 9.17) is 43.5 Å². The third-order valence-electron chi connectivity index (χ3n) is 4.99. The first-order valence-electron chi connectivity index (χ1n) is 9.07. The van der Waals surface area contributed by atoms with E-state index in [9.17, 15) is 4.79 Å². The molecule has 0 amide bonds. The van der Waals surface area contributed by atoms with Crippen molar-refractivity contribution in [2.45, 2.75) is 56.7 Å². The van der Waals surface area contributed by atoms with Crippen LogP contribution in [-0.2, 0) is 19.7 Å². The molecule has 3 N–H and O–H groups in total. The van der Waals surface area contributed by atoms with Gasteiger partial charge >= 0.3 is 5.97 Å². The van der Waals surface area contributed by atoms with Crippen LogP contribution in [0.5, 0.6) is 0 Å². The molecule has 1 aliphatic rings. The number of rotatable bonds is 10. The van der Waals surface area contributed by atoms with Crippen molar-refractivity contribution in [1.29, 1.82) is 0 Å². The molecule has 2 atom stereocenters. The third-order valence-corrected chi connectivity index (χ3v) is 5.73. The average Bonchev–Trinajstić information content (AvgIpc) is 2.63. The Balaban J connectivity index is 2.09. The maximum Gasteiger partial charge on any atom is 0.303 e. The zero-order chi connectivity index (χ0) is 19.0. The molecule has 2 rings (SSSR count). The van der Waals surface area contributed by atoms with E-state index < -0.39 is 11.4 Å². The minimum Gasteiger partial charge on any atom is -0.481 e. The lowest BCUT2D eigenvalue weighted by Crippen LogP contribution is -2.37. The molecule has 1 saturated heterocycles. The Hall–Kier alpha value is -0.850. The first-order valence-corrected chi connectivity index (χ1v) is 9.83. The van der Waals surface area contributed by atoms with Gasteiger partial charge in [0.15, 0.2) is 6.29 Å². The Morgan fingerprint density at radius 1 is 1.31 bits per heavy atom. The number of hydrogen-bond donors (Lipinski definition) is 2. The lowest BCUT2D eigenvalue weighted by molar-refractivity contribution is -0.164. The number of ether oxygens (including phenoxy) is 2. The van der Waals surface area contributed by atoms with Crippen molar-refractivity contribution in [1.82, 2.24) is 0 Å². The van der Waals surface area contributed by atoms with Crippen LogP contribution in [0.15, 0.2) is 18.2 Å². The van der Waals surface area contributed by atoms with Gasteiger partial charge in [0, 0.05) is 25.0 Å². The van der Waals surface area contributed by atoms with Crippen molar-refractivity contribution in [3.63, 3.8) is 0 Å². The fraction of sp³-hybridized carbons (Fsp3) is 0.632. The second-order valence-electron chi connectivity index (χ2n) is 6.78. The molecular formula is C19H27Cl2NO4. The molecule has 26 heavy (non-hydrogen) atoms. The largest absolute Gasteiger partial charge is 0.481 e. The van der Waals surface area contributed by atoms with Gasteiger partial charge in [0.2, 0.25) is 0 Å². The van der Waals surface area contributed by atoms with Gasteiger partial charge in [0.05, 0.1) is 16.7 Å². The summed E-state index contributed by atoms with van der Waals surface area (Å²) in [6.45, 7) is 1.60. The minimum absolute atomic E-state index is 0.107. The summed E-state index contributed by atoms with van der Waals surface area (Å²) in [7, 11) is 0. The standard InChI is InChI=1S/C19H27Cl2NO4/c20-15-7-6-14(12-16(15)21)19(13-22,8-3-4-17(23)24)9-11-26-18-5-1-2-10-25-18/h6-7,12,18H,1-5,8-11,13,22H2,(H,23,24). The first-order chi connectivity index (χ1) is 12.5. The third kappa shape index (κ3) is 6.10. The quantitative estimate of drug-likeness (QED) is 0.605. The normalized spacial score (nSPS) is 19.9. The van der Waals surface area contributed by atoms with Gasteiger partial charge in [0.1, 0.15) is 0 Å². The molecule has 0 aliphatic carbocycles. The summed E-state index contributed by atoms with van der Waals surface area (Å²) >= 11 is 12.2. The Kier molecular flexibility index (Phi) is 8.64. The predicted octanol–water partition coefficient (Wildman–Crippen LogP) is 4.38. The number of halogens is 2. The first kappa shape index (κ1) is 21.5. The minimum atomic E-state index is -0.808. The van der Waals surface area contributed by atoms with Crippen molar-refractivity contribution < 1.29 is 19.4 Å². The van der Waals surface area contributed by atoms with Crippen LogP contribution in [0.3, 0.4) is 0 Å². The summed E-state index contributed by atoms with van der Waals surface area (Å²) in [5.74, 6) is -0.808. The number of aliphatic carboxylic acids is 1. The summed E-state index contributed by atoms with van der Waals surface area (Å²) < 4.78 is 11.5. The van der Waals surface area contributed by atoms with Gasteiger partial charge in [-0.25, -0.2) is 0 Å². The summed E-state index contributed by atoms with van der Waals surface area (Å²) in [6.07, 6.45) is 4.88. The molecule has 1 aliphatic heterocycles. The molecule has 0 spiro atoms. The molecule has 0 bridgehead atoms. The summed E-state index contributed by atoms with van der Waals surface area (Å²) in [4.78, 5) is 10.9. The molecule has 2 unspecified atom stereocenters. The Bertz CT molecular complexity index is 593. The molecule has 146 valence electrons. The smallest absolute Gasteiger partial charge is 0.303 e. The molecular weight excluding hydrogens is 377 g/mol. The SMILES string of the molecule is NCC(CCCC(=O)O)(CCOC1CCCCO1)c1ccc(Cl)c(Cl)c1. The lowest BCUT2D eigenvalue weighted by Gasteiger charge is -2.34. The summed E-state index contributed by atoms with van der Waals surface area (Å²) in [5.41, 5.74) is 6.72. The van der Waals surface area contributed by atoms with Crippen LogP contribution in [0.1, 0.15) is 50.5 Å². The van der Waals surface area contributed by atoms with Gasteiger partial charge in [-0.1, -0.05) is 29.3 Å². The van der Waals surface area contributed by atoms with E-state index in [2.05, 4.69) is 0 Å². The van der Waals surface area contributed by atoms with E-state index in [1.54, 1.807) is 6.07 Å². The molecule has 1 aromatic carbocycles.